The second-order valence-corrected chi connectivity index (χ2v) is 6.78. The highest BCUT2D eigenvalue weighted by atomic mass is 16.5. The second kappa shape index (κ2) is 8.77. The lowest BCUT2D eigenvalue weighted by atomic mass is 10.2. The van der Waals surface area contributed by atoms with E-state index in [1.54, 1.807) is 23.1 Å². The van der Waals surface area contributed by atoms with Gasteiger partial charge in [0, 0.05) is 25.8 Å². The van der Waals surface area contributed by atoms with E-state index in [2.05, 4.69) is 0 Å². The number of amides is 1. The van der Waals surface area contributed by atoms with Gasteiger partial charge in [-0.05, 0) is 38.1 Å². The summed E-state index contributed by atoms with van der Waals surface area (Å²) in [5.41, 5.74) is 2.18. The first-order valence-electron chi connectivity index (χ1n) is 9.64. The van der Waals surface area contributed by atoms with E-state index in [0.29, 0.717) is 6.54 Å². The zero-order valence-corrected chi connectivity index (χ0v) is 16.9. The Kier molecular flexibility index (Phi) is 6.16. The monoisotopic (exact) mass is 395 g/mol. The van der Waals surface area contributed by atoms with Gasteiger partial charge in [-0.2, -0.15) is 0 Å². The first kappa shape index (κ1) is 20.4. The average Bonchev–Trinajstić information content (AvgIpc) is 3.02. The van der Waals surface area contributed by atoms with E-state index in [0.717, 1.165) is 16.7 Å². The van der Waals surface area contributed by atoms with Crippen molar-refractivity contribution in [1.82, 2.24) is 9.13 Å². The number of imidazole rings is 1. The van der Waals surface area contributed by atoms with Gasteiger partial charge in [-0.1, -0.05) is 30.3 Å². The van der Waals surface area contributed by atoms with Crippen LogP contribution in [0.1, 0.15) is 20.3 Å². The molecule has 1 heterocycles. The number of benzene rings is 2. The maximum Gasteiger partial charge on any atom is 0.329 e. The van der Waals surface area contributed by atoms with Crippen LogP contribution in [0, 0.1) is 0 Å². The van der Waals surface area contributed by atoms with Crippen LogP contribution in [-0.4, -0.2) is 34.2 Å². The number of anilines is 1. The van der Waals surface area contributed by atoms with Crippen molar-refractivity contribution >= 4 is 28.6 Å². The van der Waals surface area contributed by atoms with Crippen LogP contribution in [0.5, 0.6) is 0 Å². The predicted molar refractivity (Wildman–Crippen MR) is 112 cm³/mol. The van der Waals surface area contributed by atoms with Gasteiger partial charge in [-0.25, -0.2) is 4.79 Å². The van der Waals surface area contributed by atoms with Gasteiger partial charge in [-0.3, -0.25) is 18.7 Å². The standard InChI is InChI=1S/C22H25N3O4/c1-4-24-18-12-8-9-13-19(18)25(22(24)28)15-14-20(26)29-16(2)21(27)23(3)17-10-6-5-7-11-17/h5-13,16H,4,14-15H2,1-3H3/t16-/m1/s1. The maximum atomic E-state index is 12.6. The van der Waals surface area contributed by atoms with Crippen LogP contribution in [-0.2, 0) is 27.4 Å². The molecule has 2 aromatic carbocycles. The van der Waals surface area contributed by atoms with Crippen molar-refractivity contribution in [2.75, 3.05) is 11.9 Å². The van der Waals surface area contributed by atoms with E-state index in [4.69, 9.17) is 4.74 Å². The Balaban J connectivity index is 1.65. The predicted octanol–water partition coefficient (Wildman–Crippen LogP) is 2.81. The number of rotatable bonds is 7. The van der Waals surface area contributed by atoms with Gasteiger partial charge in [0.15, 0.2) is 6.10 Å². The van der Waals surface area contributed by atoms with E-state index in [9.17, 15) is 14.4 Å². The quantitative estimate of drug-likeness (QED) is 0.577. The van der Waals surface area contributed by atoms with Crippen LogP contribution in [0.2, 0.25) is 0 Å². The molecule has 0 saturated heterocycles. The fourth-order valence-electron chi connectivity index (χ4n) is 3.36. The topological polar surface area (TPSA) is 73.5 Å². The summed E-state index contributed by atoms with van der Waals surface area (Å²) < 4.78 is 8.55. The van der Waals surface area contributed by atoms with E-state index in [1.807, 2.05) is 61.5 Å². The molecule has 1 amide bonds. The molecule has 0 radical (unpaired) electrons. The Bertz CT molecular complexity index is 1070. The second-order valence-electron chi connectivity index (χ2n) is 6.78. The van der Waals surface area contributed by atoms with Crippen molar-refractivity contribution in [3.63, 3.8) is 0 Å². The molecule has 152 valence electrons. The lowest BCUT2D eigenvalue weighted by Gasteiger charge is -2.21. The number of likely N-dealkylation sites (N-methyl/N-ethyl adjacent to an activating group) is 1. The summed E-state index contributed by atoms with van der Waals surface area (Å²) in [6.07, 6.45) is -0.911. The average molecular weight is 395 g/mol. The molecule has 0 N–H and O–H groups in total. The molecule has 0 bridgehead atoms. The summed E-state index contributed by atoms with van der Waals surface area (Å²) in [5.74, 6) is -0.836. The zero-order chi connectivity index (χ0) is 21.0. The largest absolute Gasteiger partial charge is 0.452 e. The minimum absolute atomic E-state index is 0.00427. The molecule has 0 fully saturated rings. The summed E-state index contributed by atoms with van der Waals surface area (Å²) in [7, 11) is 1.64. The Morgan fingerprint density at radius 3 is 2.21 bits per heavy atom. The Hall–Kier alpha value is -3.35. The number of aromatic nitrogens is 2. The highest BCUT2D eigenvalue weighted by Crippen LogP contribution is 2.15. The van der Waals surface area contributed by atoms with E-state index >= 15 is 0 Å². The van der Waals surface area contributed by atoms with Crippen molar-refractivity contribution in [2.24, 2.45) is 0 Å². The number of hydrogen-bond donors (Lipinski definition) is 0. The summed E-state index contributed by atoms with van der Waals surface area (Å²) >= 11 is 0. The summed E-state index contributed by atoms with van der Waals surface area (Å²) in [5, 5.41) is 0. The summed E-state index contributed by atoms with van der Waals surface area (Å²) in [6.45, 7) is 4.20. The van der Waals surface area contributed by atoms with Gasteiger partial charge < -0.3 is 9.64 Å². The lowest BCUT2D eigenvalue weighted by molar-refractivity contribution is -0.154. The van der Waals surface area contributed by atoms with Crippen LogP contribution < -0.4 is 10.6 Å². The molecule has 0 aliphatic rings. The first-order chi connectivity index (χ1) is 13.9. The number of aryl methyl sites for hydroxylation is 2. The molecule has 0 spiro atoms. The van der Waals surface area contributed by atoms with E-state index in [-0.39, 0.29) is 24.6 Å². The number of esters is 1. The van der Waals surface area contributed by atoms with Gasteiger partial charge in [0.1, 0.15) is 0 Å². The van der Waals surface area contributed by atoms with Crippen molar-refractivity contribution in [3.8, 4) is 0 Å². The van der Waals surface area contributed by atoms with Crippen LogP contribution in [0.25, 0.3) is 11.0 Å². The normalized spacial score (nSPS) is 12.0. The highest BCUT2D eigenvalue weighted by molar-refractivity contribution is 5.96. The van der Waals surface area contributed by atoms with Crippen molar-refractivity contribution in [2.45, 2.75) is 39.5 Å². The Morgan fingerprint density at radius 1 is 1.00 bits per heavy atom. The smallest absolute Gasteiger partial charge is 0.329 e. The molecule has 1 aromatic heterocycles. The fraction of sp³-hybridized carbons (Fsp3) is 0.318. The third-order valence-electron chi connectivity index (χ3n) is 4.91. The van der Waals surface area contributed by atoms with Crippen LogP contribution in [0.4, 0.5) is 5.69 Å². The molecule has 0 aliphatic heterocycles. The summed E-state index contributed by atoms with van der Waals surface area (Å²) in [4.78, 5) is 38.9. The Labute approximate surface area is 169 Å². The molecule has 3 rings (SSSR count). The van der Waals surface area contributed by atoms with Gasteiger partial charge in [-0.15, -0.1) is 0 Å². The molecular weight excluding hydrogens is 370 g/mol. The van der Waals surface area contributed by atoms with Crippen LogP contribution in [0.15, 0.2) is 59.4 Å². The Morgan fingerprint density at radius 2 is 1.59 bits per heavy atom. The SMILES string of the molecule is CCn1c(=O)n(CCC(=O)O[C@H](C)C(=O)N(C)c2ccccc2)c2ccccc21. The van der Waals surface area contributed by atoms with Gasteiger partial charge in [0.25, 0.3) is 5.91 Å². The molecule has 0 unspecified atom stereocenters. The molecule has 1 atom stereocenters. The molecule has 7 nitrogen and oxygen atoms in total. The number of nitrogens with zero attached hydrogens (tertiary/aromatic N) is 3. The molecular formula is C22H25N3O4. The third kappa shape index (κ3) is 4.23. The van der Waals surface area contributed by atoms with E-state index < -0.39 is 12.1 Å². The molecule has 29 heavy (non-hydrogen) atoms. The van der Waals surface area contributed by atoms with Gasteiger partial charge >= 0.3 is 11.7 Å². The minimum Gasteiger partial charge on any atom is -0.452 e. The molecule has 3 aromatic rings. The number of ether oxygens (including phenoxy) is 1. The summed E-state index contributed by atoms with van der Waals surface area (Å²) in [6, 6.07) is 16.6. The van der Waals surface area contributed by atoms with E-state index in [1.165, 1.54) is 4.90 Å². The number of carbonyl (C=O) groups is 2. The van der Waals surface area contributed by atoms with Crippen molar-refractivity contribution < 1.29 is 14.3 Å². The van der Waals surface area contributed by atoms with Gasteiger partial charge in [0.2, 0.25) is 0 Å². The number of para-hydroxylation sites is 3. The number of carbonyl (C=O) groups excluding carboxylic acids is 2. The highest BCUT2D eigenvalue weighted by Gasteiger charge is 2.22. The van der Waals surface area contributed by atoms with Crippen LogP contribution >= 0.6 is 0 Å². The number of hydrogen-bond acceptors (Lipinski definition) is 4. The van der Waals surface area contributed by atoms with Crippen LogP contribution in [0.3, 0.4) is 0 Å². The van der Waals surface area contributed by atoms with Crippen molar-refractivity contribution in [1.29, 1.82) is 0 Å². The lowest BCUT2D eigenvalue weighted by Crippen LogP contribution is -2.37. The van der Waals surface area contributed by atoms with Gasteiger partial charge in [0.05, 0.1) is 17.5 Å². The first-order valence-corrected chi connectivity index (χ1v) is 9.64. The molecule has 0 saturated carbocycles. The third-order valence-corrected chi connectivity index (χ3v) is 4.91. The maximum absolute atomic E-state index is 12.6. The van der Waals surface area contributed by atoms with Crippen molar-refractivity contribution in [3.05, 3.63) is 65.1 Å². The zero-order valence-electron chi connectivity index (χ0n) is 16.9. The molecule has 0 aliphatic carbocycles. The fourth-order valence-corrected chi connectivity index (χ4v) is 3.36. The minimum atomic E-state index is -0.915. The molecule has 7 heteroatoms. The number of fused-ring (bicyclic) bond motifs is 1.